The van der Waals surface area contributed by atoms with Gasteiger partial charge in [0.2, 0.25) is 0 Å². The summed E-state index contributed by atoms with van der Waals surface area (Å²) in [6, 6.07) is 127. The predicted molar refractivity (Wildman–Crippen MR) is 446 cm³/mol. The van der Waals surface area contributed by atoms with Gasteiger partial charge in [-0.3, -0.25) is 0 Å². The number of aromatic nitrogens is 6. The Morgan fingerprint density at radius 2 is 0.495 bits per heavy atom. The smallest absolute Gasteiger partial charge is 0.160 e. The van der Waals surface area contributed by atoms with Crippen LogP contribution in [0.3, 0.4) is 0 Å². The van der Waals surface area contributed by atoms with Crippen LogP contribution in [0.2, 0.25) is 0 Å². The number of fused-ring (bicyclic) bond motifs is 12. The molecule has 6 nitrogen and oxygen atoms in total. The molecule has 0 saturated heterocycles. The van der Waals surface area contributed by atoms with E-state index in [9.17, 15) is 0 Å². The highest BCUT2D eigenvalue weighted by Crippen LogP contribution is 2.43. The lowest BCUT2D eigenvalue weighted by molar-refractivity contribution is 1.23. The van der Waals surface area contributed by atoms with E-state index in [1.54, 1.807) is 0 Å². The molecule has 105 heavy (non-hydrogen) atoms. The molecule has 15 aromatic carbocycles. The van der Waals surface area contributed by atoms with E-state index in [4.69, 9.17) is 29.9 Å². The van der Waals surface area contributed by atoms with Crippen molar-refractivity contribution in [3.63, 3.8) is 0 Å². The molecule has 21 rings (SSSR count). The molecule has 0 aliphatic carbocycles. The Bertz CT molecular complexity index is 6780. The Morgan fingerprint density at radius 1 is 0.162 bits per heavy atom. The van der Waals surface area contributed by atoms with E-state index in [-0.39, 0.29) is 0 Å². The van der Waals surface area contributed by atoms with Gasteiger partial charge in [0.15, 0.2) is 5.82 Å². The maximum Gasteiger partial charge on any atom is 0.160 e. The minimum Gasteiger partial charge on any atom is -0.244 e. The van der Waals surface area contributed by atoms with E-state index in [2.05, 4.69) is 279 Å². The third kappa shape index (κ3) is 12.2. The van der Waals surface area contributed by atoms with E-state index in [0.717, 1.165) is 117 Å². The predicted octanol–water partition coefficient (Wildman–Crippen LogP) is 27.0. The van der Waals surface area contributed by atoms with Crippen molar-refractivity contribution in [1.82, 2.24) is 29.9 Å². The zero-order chi connectivity index (χ0) is 69.6. The van der Waals surface area contributed by atoms with E-state index >= 15 is 0 Å². The van der Waals surface area contributed by atoms with Crippen molar-refractivity contribution in [2.75, 3.05) is 0 Å². The van der Waals surface area contributed by atoms with Crippen LogP contribution in [0.1, 0.15) is 0 Å². The first-order valence-electron chi connectivity index (χ1n) is 35.0. The van der Waals surface area contributed by atoms with Gasteiger partial charge < -0.3 is 0 Å². The molecule has 0 radical (unpaired) electrons. The standard InChI is InChI=1S/3C32H20N2S/c1-3-10-21(11-4-1)30-31(22-12-5-2-6-13-22)34-32-24(15-9-16-27(32)33-30)23-18-19-29-26(20-23)25-14-7-8-17-28(25)35-29;1-3-9-21(10-4-1)31-32(22-11-5-2-6-12-22)34-28-20-24(15-17-27(28)33-31)23-16-18-30-26(19-23)25-13-7-8-14-29(25)35-30;1-3-9-21(10-4-1)31-27-20-23(15-17-28(27)33-32(34-31)22-11-5-2-6-12-22)24-16-18-30-26(19-24)25-13-7-8-14-29(25)35-30/h3*1-20H. The fourth-order valence-electron chi connectivity index (χ4n) is 14.3. The highest BCUT2D eigenvalue weighted by Gasteiger charge is 2.20. The molecule has 0 saturated carbocycles. The number of benzene rings is 15. The molecule has 0 atom stereocenters. The Hall–Kier alpha value is -13.0. The first-order chi connectivity index (χ1) is 52.0. The number of thiophene rings is 3. The molecule has 6 heterocycles. The average Bonchev–Trinajstić information content (AvgIpc) is 1.46. The maximum atomic E-state index is 5.27. The van der Waals surface area contributed by atoms with Crippen LogP contribution in [-0.4, -0.2) is 29.9 Å². The molecule has 0 bridgehead atoms. The number of nitrogens with zero attached hydrogens (tertiary/aromatic N) is 6. The minimum absolute atomic E-state index is 0.746. The second-order valence-electron chi connectivity index (χ2n) is 26.0. The van der Waals surface area contributed by atoms with Gasteiger partial charge >= 0.3 is 0 Å². The zero-order valence-electron chi connectivity index (χ0n) is 56.5. The Kier molecular flexibility index (Phi) is 16.4. The second kappa shape index (κ2) is 27.4. The van der Waals surface area contributed by atoms with Crippen LogP contribution >= 0.6 is 34.0 Å². The van der Waals surface area contributed by atoms with Crippen LogP contribution in [0.5, 0.6) is 0 Å². The van der Waals surface area contributed by atoms with E-state index in [0.29, 0.717) is 0 Å². The number of para-hydroxylation sites is 1. The molecule has 0 fully saturated rings. The summed E-state index contributed by atoms with van der Waals surface area (Å²) in [5.41, 5.74) is 22.5. The highest BCUT2D eigenvalue weighted by atomic mass is 32.1. The maximum absolute atomic E-state index is 5.27. The molecule has 492 valence electrons. The second-order valence-corrected chi connectivity index (χ2v) is 29.2. The van der Waals surface area contributed by atoms with Crippen LogP contribution in [0, 0.1) is 0 Å². The van der Waals surface area contributed by atoms with Gasteiger partial charge in [0.25, 0.3) is 0 Å². The largest absolute Gasteiger partial charge is 0.244 e. The van der Waals surface area contributed by atoms with Crippen molar-refractivity contribution >= 4 is 127 Å². The lowest BCUT2D eigenvalue weighted by Crippen LogP contribution is -1.97. The van der Waals surface area contributed by atoms with Crippen LogP contribution in [0.4, 0.5) is 0 Å². The fraction of sp³-hybridized carbons (Fsp3) is 0. The van der Waals surface area contributed by atoms with Crippen molar-refractivity contribution in [2.24, 2.45) is 0 Å². The quantitative estimate of drug-likeness (QED) is 0.143. The molecule has 0 N–H and O–H groups in total. The van der Waals surface area contributed by atoms with Crippen LogP contribution in [0.25, 0.3) is 195 Å². The summed E-state index contributed by atoms with van der Waals surface area (Å²) in [6.45, 7) is 0. The third-order valence-corrected chi connectivity index (χ3v) is 22.9. The zero-order valence-corrected chi connectivity index (χ0v) is 59.0. The molecule has 0 aliphatic heterocycles. The van der Waals surface area contributed by atoms with Crippen molar-refractivity contribution < 1.29 is 0 Å². The summed E-state index contributed by atoms with van der Waals surface area (Å²) in [7, 11) is 0. The van der Waals surface area contributed by atoms with E-state index < -0.39 is 0 Å². The topological polar surface area (TPSA) is 77.3 Å². The summed E-state index contributed by atoms with van der Waals surface area (Å²) >= 11 is 5.53. The molecule has 21 aromatic rings. The minimum atomic E-state index is 0.746. The molecular formula is C96H60N6S3. The summed E-state index contributed by atoms with van der Waals surface area (Å²) in [4.78, 5) is 30.6. The number of hydrogen-bond donors (Lipinski definition) is 0. The fourth-order valence-corrected chi connectivity index (χ4v) is 17.5. The van der Waals surface area contributed by atoms with Crippen molar-refractivity contribution in [3.05, 3.63) is 364 Å². The van der Waals surface area contributed by atoms with Gasteiger partial charge in [-0.25, -0.2) is 29.9 Å². The lowest BCUT2D eigenvalue weighted by atomic mass is 9.98. The third-order valence-electron chi connectivity index (χ3n) is 19.4. The van der Waals surface area contributed by atoms with E-state index in [1.807, 2.05) is 119 Å². The van der Waals surface area contributed by atoms with Gasteiger partial charge in [0.05, 0.1) is 56.1 Å². The summed E-state index contributed by atoms with van der Waals surface area (Å²) in [6.07, 6.45) is 0. The highest BCUT2D eigenvalue weighted by molar-refractivity contribution is 7.26. The molecule has 0 unspecified atom stereocenters. The summed E-state index contributed by atoms with van der Waals surface area (Å²) < 4.78 is 7.90. The monoisotopic (exact) mass is 1390 g/mol. The van der Waals surface area contributed by atoms with Crippen molar-refractivity contribution in [3.8, 4) is 101 Å². The van der Waals surface area contributed by atoms with E-state index in [1.165, 1.54) is 77.2 Å². The first kappa shape index (κ1) is 62.9. The van der Waals surface area contributed by atoms with Crippen LogP contribution < -0.4 is 0 Å². The van der Waals surface area contributed by atoms with Gasteiger partial charge in [-0.2, -0.15) is 0 Å². The van der Waals surface area contributed by atoms with Gasteiger partial charge in [-0.15, -0.1) is 34.0 Å². The Morgan fingerprint density at radius 3 is 0.962 bits per heavy atom. The van der Waals surface area contributed by atoms with Crippen molar-refractivity contribution in [2.45, 2.75) is 0 Å². The van der Waals surface area contributed by atoms with Gasteiger partial charge in [0.1, 0.15) is 0 Å². The number of rotatable bonds is 9. The molecule has 9 heteroatoms. The number of hydrogen-bond acceptors (Lipinski definition) is 9. The molecule has 0 spiro atoms. The molecule has 0 aliphatic rings. The lowest BCUT2D eigenvalue weighted by Gasteiger charge is -2.13. The molecule has 6 aromatic heterocycles. The van der Waals surface area contributed by atoms with Gasteiger partial charge in [-0.1, -0.05) is 279 Å². The Labute approximate surface area is 617 Å². The summed E-state index contributed by atoms with van der Waals surface area (Å²) in [5, 5.41) is 8.89. The normalized spacial score (nSPS) is 11.4. The van der Waals surface area contributed by atoms with Crippen LogP contribution in [-0.2, 0) is 0 Å². The average molecular weight is 1390 g/mol. The first-order valence-corrected chi connectivity index (χ1v) is 37.5. The summed E-state index contributed by atoms with van der Waals surface area (Å²) in [5.74, 6) is 0.746. The van der Waals surface area contributed by atoms with Crippen molar-refractivity contribution in [1.29, 1.82) is 0 Å². The molecule has 0 amide bonds. The van der Waals surface area contributed by atoms with Gasteiger partial charge in [0, 0.05) is 105 Å². The molecular weight excluding hydrogens is 1330 g/mol. The van der Waals surface area contributed by atoms with Crippen LogP contribution in [0.15, 0.2) is 364 Å². The SMILES string of the molecule is c1ccc(-c2nc(-c3ccccc3)c3cc(-c4ccc5sc6ccccc6c5c4)ccc3n2)cc1.c1ccc(-c2nc3ccc(-c4ccc5sc6ccccc6c5c4)cc3nc2-c2ccccc2)cc1.c1ccc(-c2nc3cccc(-c4ccc5sc6ccccc6c5c4)c3nc2-c2ccccc2)cc1. The van der Waals surface area contributed by atoms with Gasteiger partial charge in [-0.05, 0) is 113 Å². The Balaban J connectivity index is 0.000000108.